The smallest absolute Gasteiger partial charge is 0.272 e. The van der Waals surface area contributed by atoms with Crippen LogP contribution in [-0.4, -0.2) is 58.3 Å². The van der Waals surface area contributed by atoms with Crippen LogP contribution in [0.2, 0.25) is 0 Å². The summed E-state index contributed by atoms with van der Waals surface area (Å²) in [6.45, 7) is 4.34. The number of nitrogens with one attached hydrogen (secondary N) is 1. The largest absolute Gasteiger partial charge is 0.467 e. The summed E-state index contributed by atoms with van der Waals surface area (Å²) in [6.07, 6.45) is 2.42. The number of rotatable bonds is 5. The summed E-state index contributed by atoms with van der Waals surface area (Å²) < 4.78 is 5.26. The predicted octanol–water partition coefficient (Wildman–Crippen LogP) is 0.904. The van der Waals surface area contributed by atoms with Gasteiger partial charge in [-0.2, -0.15) is 0 Å². The van der Waals surface area contributed by atoms with Crippen molar-refractivity contribution in [3.8, 4) is 0 Å². The van der Waals surface area contributed by atoms with E-state index in [0.29, 0.717) is 50.1 Å². The molecule has 0 unspecified atom stereocenters. The lowest BCUT2D eigenvalue weighted by molar-refractivity contribution is -0.119. The Hall–Kier alpha value is -2.90. The highest BCUT2D eigenvalue weighted by Gasteiger charge is 2.23. The van der Waals surface area contributed by atoms with E-state index >= 15 is 0 Å². The highest BCUT2D eigenvalue weighted by Crippen LogP contribution is 2.12. The SMILES string of the molecule is Cc1nc(NCc2ccco2)cc(C(=O)N2CCN(C=O)CC2)n1. The van der Waals surface area contributed by atoms with Crippen LogP contribution in [0.4, 0.5) is 5.82 Å². The lowest BCUT2D eigenvalue weighted by Crippen LogP contribution is -2.48. The molecule has 1 fully saturated rings. The van der Waals surface area contributed by atoms with Gasteiger partial charge in [-0.3, -0.25) is 9.59 Å². The van der Waals surface area contributed by atoms with Crippen LogP contribution in [0.1, 0.15) is 22.1 Å². The Bertz CT molecular complexity index is 709. The van der Waals surface area contributed by atoms with Crippen molar-refractivity contribution < 1.29 is 14.0 Å². The molecule has 8 heteroatoms. The number of amides is 2. The molecular formula is C16H19N5O3. The van der Waals surface area contributed by atoms with Gasteiger partial charge in [0.2, 0.25) is 6.41 Å². The van der Waals surface area contributed by atoms with Gasteiger partial charge in [-0.1, -0.05) is 0 Å². The molecule has 2 amide bonds. The number of carbonyl (C=O) groups excluding carboxylic acids is 2. The fourth-order valence-corrected chi connectivity index (χ4v) is 2.55. The van der Waals surface area contributed by atoms with Gasteiger partial charge < -0.3 is 19.5 Å². The fourth-order valence-electron chi connectivity index (χ4n) is 2.55. The second-order valence-corrected chi connectivity index (χ2v) is 5.55. The maximum atomic E-state index is 12.6. The van der Waals surface area contributed by atoms with Crippen molar-refractivity contribution in [1.29, 1.82) is 0 Å². The molecule has 3 rings (SSSR count). The summed E-state index contributed by atoms with van der Waals surface area (Å²) in [7, 11) is 0. The highest BCUT2D eigenvalue weighted by atomic mass is 16.3. The number of anilines is 1. The third-order valence-corrected chi connectivity index (χ3v) is 3.83. The van der Waals surface area contributed by atoms with Crippen molar-refractivity contribution in [1.82, 2.24) is 19.8 Å². The van der Waals surface area contributed by atoms with Crippen LogP contribution < -0.4 is 5.32 Å². The molecule has 1 N–H and O–H groups in total. The van der Waals surface area contributed by atoms with Gasteiger partial charge in [0.15, 0.2) is 0 Å². The molecule has 3 heterocycles. The average Bonchev–Trinajstić information content (AvgIpc) is 3.12. The summed E-state index contributed by atoms with van der Waals surface area (Å²) in [5.74, 6) is 1.74. The number of nitrogens with zero attached hydrogens (tertiary/aromatic N) is 4. The minimum atomic E-state index is -0.146. The number of aryl methyl sites for hydroxylation is 1. The molecule has 2 aromatic heterocycles. The topological polar surface area (TPSA) is 91.6 Å². The molecule has 1 aliphatic rings. The molecule has 0 aromatic carbocycles. The normalized spacial score (nSPS) is 14.5. The van der Waals surface area contributed by atoms with E-state index in [1.54, 1.807) is 29.1 Å². The van der Waals surface area contributed by atoms with Crippen LogP contribution in [0.5, 0.6) is 0 Å². The summed E-state index contributed by atoms with van der Waals surface area (Å²) in [5.41, 5.74) is 0.351. The summed E-state index contributed by atoms with van der Waals surface area (Å²) in [6, 6.07) is 5.32. The zero-order valence-electron chi connectivity index (χ0n) is 13.4. The van der Waals surface area contributed by atoms with Crippen LogP contribution in [0.25, 0.3) is 0 Å². The Labute approximate surface area is 139 Å². The molecule has 2 aromatic rings. The first-order valence-electron chi connectivity index (χ1n) is 7.76. The van der Waals surface area contributed by atoms with E-state index in [0.717, 1.165) is 12.2 Å². The molecule has 8 nitrogen and oxygen atoms in total. The van der Waals surface area contributed by atoms with Gasteiger partial charge in [0.25, 0.3) is 5.91 Å². The predicted molar refractivity (Wildman–Crippen MR) is 86.3 cm³/mol. The Morgan fingerprint density at radius 3 is 2.79 bits per heavy atom. The van der Waals surface area contributed by atoms with E-state index in [2.05, 4.69) is 15.3 Å². The van der Waals surface area contributed by atoms with Gasteiger partial charge in [0.1, 0.15) is 23.1 Å². The van der Waals surface area contributed by atoms with Crippen molar-refractivity contribution in [3.63, 3.8) is 0 Å². The lowest BCUT2D eigenvalue weighted by atomic mass is 10.2. The number of hydrogen-bond acceptors (Lipinski definition) is 6. The van der Waals surface area contributed by atoms with E-state index in [-0.39, 0.29) is 5.91 Å². The maximum Gasteiger partial charge on any atom is 0.272 e. The minimum absolute atomic E-state index is 0.146. The zero-order chi connectivity index (χ0) is 16.9. The molecule has 0 aliphatic carbocycles. The first-order chi connectivity index (χ1) is 11.7. The van der Waals surface area contributed by atoms with Gasteiger partial charge in [-0.25, -0.2) is 9.97 Å². The molecular weight excluding hydrogens is 310 g/mol. The fraction of sp³-hybridized carbons (Fsp3) is 0.375. The minimum Gasteiger partial charge on any atom is -0.467 e. The molecule has 1 saturated heterocycles. The first kappa shape index (κ1) is 16.0. The van der Waals surface area contributed by atoms with Crippen LogP contribution >= 0.6 is 0 Å². The van der Waals surface area contributed by atoms with Gasteiger partial charge >= 0.3 is 0 Å². The van der Waals surface area contributed by atoms with E-state index < -0.39 is 0 Å². The second-order valence-electron chi connectivity index (χ2n) is 5.55. The number of aromatic nitrogens is 2. The third kappa shape index (κ3) is 3.70. The molecule has 0 spiro atoms. The first-order valence-corrected chi connectivity index (χ1v) is 7.76. The van der Waals surface area contributed by atoms with Gasteiger partial charge in [0, 0.05) is 32.2 Å². The monoisotopic (exact) mass is 329 g/mol. The number of carbonyl (C=O) groups is 2. The lowest BCUT2D eigenvalue weighted by Gasteiger charge is -2.32. The summed E-state index contributed by atoms with van der Waals surface area (Å²) >= 11 is 0. The molecule has 126 valence electrons. The van der Waals surface area contributed by atoms with Crippen molar-refractivity contribution in [2.45, 2.75) is 13.5 Å². The summed E-state index contributed by atoms with van der Waals surface area (Å²) in [5, 5.41) is 3.13. The molecule has 1 aliphatic heterocycles. The van der Waals surface area contributed by atoms with E-state index in [9.17, 15) is 9.59 Å². The average molecular weight is 329 g/mol. The Balaban J connectivity index is 1.68. The van der Waals surface area contributed by atoms with E-state index in [1.807, 2.05) is 12.1 Å². The van der Waals surface area contributed by atoms with Crippen molar-refractivity contribution in [2.75, 3.05) is 31.5 Å². The van der Waals surface area contributed by atoms with E-state index in [4.69, 9.17) is 4.42 Å². The van der Waals surface area contributed by atoms with Gasteiger partial charge in [0.05, 0.1) is 12.8 Å². The van der Waals surface area contributed by atoms with Crippen molar-refractivity contribution in [2.24, 2.45) is 0 Å². The van der Waals surface area contributed by atoms with Crippen LogP contribution in [0.15, 0.2) is 28.9 Å². The quantitative estimate of drug-likeness (QED) is 0.820. The second kappa shape index (κ2) is 7.12. The Morgan fingerprint density at radius 1 is 1.33 bits per heavy atom. The van der Waals surface area contributed by atoms with Gasteiger partial charge in [-0.15, -0.1) is 0 Å². The van der Waals surface area contributed by atoms with Crippen LogP contribution in [0.3, 0.4) is 0 Å². The highest BCUT2D eigenvalue weighted by molar-refractivity contribution is 5.93. The molecule has 0 radical (unpaired) electrons. The summed E-state index contributed by atoms with van der Waals surface area (Å²) in [4.78, 5) is 35.3. The number of hydrogen-bond donors (Lipinski definition) is 1. The molecule has 0 bridgehead atoms. The van der Waals surface area contributed by atoms with Crippen molar-refractivity contribution >= 4 is 18.1 Å². The Kier molecular flexibility index (Phi) is 4.74. The standard InChI is InChI=1S/C16H19N5O3/c1-12-18-14(16(23)21-6-4-20(11-22)5-7-21)9-15(19-12)17-10-13-3-2-8-24-13/h2-3,8-9,11H,4-7,10H2,1H3,(H,17,18,19). The number of furan rings is 1. The van der Waals surface area contributed by atoms with Crippen LogP contribution in [-0.2, 0) is 11.3 Å². The van der Waals surface area contributed by atoms with Crippen molar-refractivity contribution in [3.05, 3.63) is 41.7 Å². The number of piperazine rings is 1. The third-order valence-electron chi connectivity index (χ3n) is 3.83. The van der Waals surface area contributed by atoms with E-state index in [1.165, 1.54) is 0 Å². The van der Waals surface area contributed by atoms with Crippen LogP contribution in [0, 0.1) is 6.92 Å². The maximum absolute atomic E-state index is 12.6. The van der Waals surface area contributed by atoms with Gasteiger partial charge in [-0.05, 0) is 19.1 Å². The molecule has 0 saturated carbocycles. The molecule has 0 atom stereocenters. The Morgan fingerprint density at radius 2 is 2.12 bits per heavy atom. The zero-order valence-corrected chi connectivity index (χ0v) is 13.4. The molecule has 24 heavy (non-hydrogen) atoms.